The lowest BCUT2D eigenvalue weighted by molar-refractivity contribution is -0.114. The lowest BCUT2D eigenvalue weighted by atomic mass is 9.75. The van der Waals surface area contributed by atoms with Gasteiger partial charge in [-0.3, -0.25) is 4.79 Å². The zero-order valence-electron chi connectivity index (χ0n) is 9.58. The third-order valence-electron chi connectivity index (χ3n) is 3.57. The van der Waals surface area contributed by atoms with Crippen molar-refractivity contribution in [3.05, 3.63) is 21.9 Å². The number of aliphatic hydroxyl groups is 1. The molecular formula is C12H17BrN2O2. The molecule has 2 rings (SSSR count). The van der Waals surface area contributed by atoms with Gasteiger partial charge in [-0.25, -0.2) is 0 Å². The number of nitrogens with two attached hydrogens (primary N) is 1. The maximum absolute atomic E-state index is 10.9. The van der Waals surface area contributed by atoms with E-state index in [9.17, 15) is 9.90 Å². The number of rotatable bonds is 2. The van der Waals surface area contributed by atoms with Crippen molar-refractivity contribution in [3.8, 4) is 0 Å². The van der Waals surface area contributed by atoms with E-state index in [1.54, 1.807) is 6.08 Å². The van der Waals surface area contributed by atoms with Gasteiger partial charge in [0.2, 0.25) is 0 Å². The number of nitrogens with one attached hydrogen (secondary N) is 1. The first-order chi connectivity index (χ1) is 8.08. The summed E-state index contributed by atoms with van der Waals surface area (Å²) in [6, 6.07) is 0. The van der Waals surface area contributed by atoms with Crippen LogP contribution in [0.25, 0.3) is 0 Å². The molecule has 1 saturated carbocycles. The number of carbonyl (C=O) groups excluding carboxylic acids is 1. The molecule has 94 valence electrons. The summed E-state index contributed by atoms with van der Waals surface area (Å²) in [5, 5.41) is 13.2. The first kappa shape index (κ1) is 12.6. The van der Waals surface area contributed by atoms with E-state index in [-0.39, 0.29) is 10.2 Å². The van der Waals surface area contributed by atoms with Crippen molar-refractivity contribution in [2.24, 2.45) is 17.6 Å². The molecule has 2 aliphatic rings. The second-order valence-corrected chi connectivity index (χ2v) is 5.57. The third-order valence-corrected chi connectivity index (χ3v) is 4.37. The average Bonchev–Trinajstić information content (AvgIpc) is 2.32. The van der Waals surface area contributed by atoms with E-state index in [1.165, 1.54) is 12.0 Å². The Morgan fingerprint density at radius 3 is 3.00 bits per heavy atom. The Labute approximate surface area is 109 Å². The van der Waals surface area contributed by atoms with Crippen molar-refractivity contribution in [1.82, 2.24) is 5.32 Å². The highest BCUT2D eigenvalue weighted by Gasteiger charge is 2.29. The molecule has 4 N–H and O–H groups in total. The number of aliphatic hydroxyl groups excluding tert-OH is 1. The summed E-state index contributed by atoms with van der Waals surface area (Å²) in [4.78, 5) is 10.9. The number of primary amides is 1. The Kier molecular flexibility index (Phi) is 3.89. The van der Waals surface area contributed by atoms with Gasteiger partial charge in [0.05, 0.1) is 0 Å². The zero-order valence-corrected chi connectivity index (χ0v) is 11.2. The lowest BCUT2D eigenvalue weighted by Gasteiger charge is -2.36. The normalized spacial score (nSPS) is 32.2. The maximum atomic E-state index is 10.9. The van der Waals surface area contributed by atoms with Gasteiger partial charge in [0.15, 0.2) is 0 Å². The Morgan fingerprint density at radius 2 is 2.29 bits per heavy atom. The summed E-state index contributed by atoms with van der Waals surface area (Å²) in [6.45, 7) is 2.07. The van der Waals surface area contributed by atoms with E-state index in [2.05, 4.69) is 21.2 Å². The molecule has 1 saturated heterocycles. The van der Waals surface area contributed by atoms with E-state index in [4.69, 9.17) is 5.73 Å². The Balaban J connectivity index is 2.16. The second-order valence-electron chi connectivity index (χ2n) is 4.78. The van der Waals surface area contributed by atoms with Crippen molar-refractivity contribution in [1.29, 1.82) is 0 Å². The van der Waals surface area contributed by atoms with Crippen molar-refractivity contribution >= 4 is 21.8 Å². The highest BCUT2D eigenvalue weighted by molar-refractivity contribution is 9.12. The van der Waals surface area contributed by atoms with Gasteiger partial charge in [0.25, 0.3) is 5.91 Å². The number of allylic oxidation sites excluding steroid dienone is 1. The molecule has 5 heteroatoms. The molecule has 17 heavy (non-hydrogen) atoms. The first-order valence-electron chi connectivity index (χ1n) is 5.87. The van der Waals surface area contributed by atoms with Crippen LogP contribution in [0.3, 0.4) is 0 Å². The summed E-state index contributed by atoms with van der Waals surface area (Å²) >= 11 is 3.00. The second kappa shape index (κ2) is 5.23. The quantitative estimate of drug-likeness (QED) is 0.535. The van der Waals surface area contributed by atoms with Crippen LogP contribution in [0.5, 0.6) is 0 Å². The number of hydrogen-bond donors (Lipinski definition) is 3. The van der Waals surface area contributed by atoms with Crippen molar-refractivity contribution in [2.45, 2.75) is 19.3 Å². The van der Waals surface area contributed by atoms with E-state index in [1.807, 2.05) is 0 Å². The summed E-state index contributed by atoms with van der Waals surface area (Å²) in [5.41, 5.74) is 6.31. The van der Waals surface area contributed by atoms with Gasteiger partial charge in [-0.1, -0.05) is 5.57 Å². The van der Waals surface area contributed by atoms with Crippen LogP contribution in [-0.2, 0) is 4.79 Å². The van der Waals surface area contributed by atoms with Crippen molar-refractivity contribution in [3.63, 3.8) is 0 Å². The standard InChI is InChI=1S/C12H17BrN2O2/c13-11(12(14)17)10(16)4-8-2-1-7-3-9(8)6-15-5-7/h4,7,9,15-16H,1-3,5-6H2,(H2,14,17)/b8-4+,11-10-. The molecule has 2 atom stereocenters. The fourth-order valence-corrected chi connectivity index (χ4v) is 2.78. The predicted molar refractivity (Wildman–Crippen MR) is 69.6 cm³/mol. The molecule has 0 aromatic rings. The highest BCUT2D eigenvalue weighted by atomic mass is 79.9. The molecule has 4 nitrogen and oxygen atoms in total. The molecular weight excluding hydrogens is 284 g/mol. The predicted octanol–water partition coefficient (Wildman–Crippen LogP) is 1.58. The van der Waals surface area contributed by atoms with E-state index in [0.717, 1.165) is 31.8 Å². The number of amides is 1. The van der Waals surface area contributed by atoms with Gasteiger partial charge >= 0.3 is 0 Å². The maximum Gasteiger partial charge on any atom is 0.259 e. The Morgan fingerprint density at radius 1 is 1.53 bits per heavy atom. The van der Waals surface area contributed by atoms with Crippen LogP contribution in [0.4, 0.5) is 0 Å². The smallest absolute Gasteiger partial charge is 0.259 e. The number of hydrogen-bond acceptors (Lipinski definition) is 3. The van der Waals surface area contributed by atoms with Crippen LogP contribution in [0.1, 0.15) is 19.3 Å². The average molecular weight is 301 g/mol. The number of halogens is 1. The molecule has 0 aromatic heterocycles. The van der Waals surface area contributed by atoms with Gasteiger partial charge in [-0.05, 0) is 59.6 Å². The SMILES string of the molecule is NC(=O)/C(Br)=C(O)\C=C1/CCC2CNCC1C2. The lowest BCUT2D eigenvalue weighted by Crippen LogP contribution is -2.39. The van der Waals surface area contributed by atoms with Crippen LogP contribution in [0.15, 0.2) is 21.9 Å². The molecule has 2 unspecified atom stereocenters. The van der Waals surface area contributed by atoms with Crippen molar-refractivity contribution in [2.75, 3.05) is 13.1 Å². The zero-order chi connectivity index (χ0) is 12.4. The minimum atomic E-state index is -0.644. The van der Waals surface area contributed by atoms with Gasteiger partial charge < -0.3 is 16.2 Å². The monoisotopic (exact) mass is 300 g/mol. The van der Waals surface area contributed by atoms with E-state index < -0.39 is 5.91 Å². The molecule has 2 bridgehead atoms. The molecule has 0 radical (unpaired) electrons. The largest absolute Gasteiger partial charge is 0.507 e. The first-order valence-corrected chi connectivity index (χ1v) is 6.67. The Bertz CT molecular complexity index is 390. The van der Waals surface area contributed by atoms with Crippen LogP contribution in [0.2, 0.25) is 0 Å². The molecule has 1 heterocycles. The number of carbonyl (C=O) groups is 1. The van der Waals surface area contributed by atoms with Gasteiger partial charge in [0, 0.05) is 6.54 Å². The van der Waals surface area contributed by atoms with Crippen LogP contribution < -0.4 is 11.1 Å². The van der Waals surface area contributed by atoms with E-state index >= 15 is 0 Å². The van der Waals surface area contributed by atoms with Gasteiger partial charge in [0.1, 0.15) is 10.2 Å². The third kappa shape index (κ3) is 2.90. The fourth-order valence-electron chi connectivity index (χ4n) is 2.66. The van der Waals surface area contributed by atoms with E-state index in [0.29, 0.717) is 5.92 Å². The summed E-state index contributed by atoms with van der Waals surface area (Å²) in [7, 11) is 0. The minimum Gasteiger partial charge on any atom is -0.507 e. The van der Waals surface area contributed by atoms with Crippen LogP contribution in [-0.4, -0.2) is 24.1 Å². The molecule has 1 aliphatic heterocycles. The molecule has 0 aromatic carbocycles. The molecule has 1 aliphatic carbocycles. The van der Waals surface area contributed by atoms with Gasteiger partial charge in [-0.2, -0.15) is 0 Å². The van der Waals surface area contributed by atoms with Crippen molar-refractivity contribution < 1.29 is 9.90 Å². The highest BCUT2D eigenvalue weighted by Crippen LogP contribution is 2.36. The summed E-state index contributed by atoms with van der Waals surface area (Å²) < 4.78 is 0.0518. The Hall–Kier alpha value is -0.810. The minimum absolute atomic E-state index is 0.0518. The fraction of sp³-hybridized carbons (Fsp3) is 0.583. The molecule has 0 spiro atoms. The van der Waals surface area contributed by atoms with Crippen LogP contribution in [0, 0.1) is 11.8 Å². The molecule has 2 fully saturated rings. The number of piperidine rings is 1. The summed E-state index contributed by atoms with van der Waals surface area (Å²) in [6.07, 6.45) is 5.03. The molecule has 1 amide bonds. The number of fused-ring (bicyclic) bond motifs is 2. The van der Waals surface area contributed by atoms with Crippen LogP contribution >= 0.6 is 15.9 Å². The summed E-state index contributed by atoms with van der Waals surface area (Å²) in [5.74, 6) is 0.542. The topological polar surface area (TPSA) is 75.4 Å². The van der Waals surface area contributed by atoms with Gasteiger partial charge in [-0.15, -0.1) is 0 Å².